The van der Waals surface area contributed by atoms with Gasteiger partial charge in [-0.05, 0) is 23.8 Å². The van der Waals surface area contributed by atoms with Crippen molar-refractivity contribution in [2.24, 2.45) is 0 Å². The number of hydrogen-bond donors (Lipinski definition) is 2. The molecule has 0 bridgehead atoms. The van der Waals surface area contributed by atoms with Crippen LogP contribution in [-0.4, -0.2) is 23.5 Å². The number of amides is 1. The molecule has 7 heteroatoms. The zero-order valence-electron chi connectivity index (χ0n) is 14.2. The number of aromatic nitrogens is 1. The minimum atomic E-state index is -0.753. The molecule has 1 amide bonds. The van der Waals surface area contributed by atoms with Gasteiger partial charge in [0.1, 0.15) is 0 Å². The molecule has 0 unspecified atom stereocenters. The molecule has 0 aliphatic carbocycles. The van der Waals surface area contributed by atoms with Crippen molar-refractivity contribution in [2.75, 3.05) is 11.9 Å². The number of esters is 1. The van der Waals surface area contributed by atoms with Gasteiger partial charge >= 0.3 is 5.97 Å². The second-order valence-electron chi connectivity index (χ2n) is 5.75. The van der Waals surface area contributed by atoms with Crippen LogP contribution in [0.1, 0.15) is 15.9 Å². The number of hydrogen-bond acceptors (Lipinski definition) is 5. The molecule has 3 rings (SSSR count). The summed E-state index contributed by atoms with van der Waals surface area (Å²) in [6.07, 6.45) is 0.288. The molecule has 0 aliphatic heterocycles. The van der Waals surface area contributed by atoms with E-state index in [4.69, 9.17) is 10.00 Å². The van der Waals surface area contributed by atoms with Gasteiger partial charge in [-0.2, -0.15) is 5.26 Å². The summed E-state index contributed by atoms with van der Waals surface area (Å²) < 4.78 is 5.04. The quantitative estimate of drug-likeness (QED) is 0.678. The van der Waals surface area contributed by atoms with Gasteiger partial charge < -0.3 is 15.0 Å². The number of para-hydroxylation sites is 1. The van der Waals surface area contributed by atoms with Gasteiger partial charge in [0.15, 0.2) is 6.61 Å². The largest absolute Gasteiger partial charge is 0.452 e. The molecule has 2 aromatic carbocycles. The lowest BCUT2D eigenvalue weighted by Gasteiger charge is -2.08. The lowest BCUT2D eigenvalue weighted by atomic mass is 10.1. The predicted octanol–water partition coefficient (Wildman–Crippen LogP) is 2.39. The van der Waals surface area contributed by atoms with Crippen molar-refractivity contribution in [3.8, 4) is 6.07 Å². The Hall–Kier alpha value is -3.92. The van der Waals surface area contributed by atoms with Crippen LogP contribution in [0, 0.1) is 11.3 Å². The zero-order valence-corrected chi connectivity index (χ0v) is 14.2. The molecule has 0 saturated carbocycles. The average Bonchev–Trinajstić information content (AvgIpc) is 2.67. The maximum absolute atomic E-state index is 12.3. The van der Waals surface area contributed by atoms with Crippen molar-refractivity contribution < 1.29 is 14.3 Å². The number of H-pyrrole nitrogens is 1. The van der Waals surface area contributed by atoms with Gasteiger partial charge in [-0.1, -0.05) is 30.3 Å². The van der Waals surface area contributed by atoms with E-state index in [1.165, 1.54) is 0 Å². The summed E-state index contributed by atoms with van der Waals surface area (Å²) in [4.78, 5) is 38.6. The SMILES string of the molecule is N#CCc1ccc(NC(=O)COC(=O)c2cc(=O)[nH]c3ccccc23)cc1. The fourth-order valence-electron chi connectivity index (χ4n) is 2.58. The number of anilines is 1. The molecule has 3 aromatic rings. The number of carbonyl (C=O) groups is 2. The monoisotopic (exact) mass is 361 g/mol. The summed E-state index contributed by atoms with van der Waals surface area (Å²) in [7, 11) is 0. The molecule has 1 heterocycles. The first kappa shape index (κ1) is 17.9. The molecule has 7 nitrogen and oxygen atoms in total. The Balaban J connectivity index is 1.65. The Bertz CT molecular complexity index is 1090. The molecule has 1 aromatic heterocycles. The molecular weight excluding hydrogens is 346 g/mol. The van der Waals surface area contributed by atoms with E-state index in [9.17, 15) is 14.4 Å². The number of ether oxygens (including phenoxy) is 1. The highest BCUT2D eigenvalue weighted by Gasteiger charge is 2.15. The van der Waals surface area contributed by atoms with Crippen LogP contribution in [0.25, 0.3) is 10.9 Å². The minimum absolute atomic E-state index is 0.100. The molecule has 0 saturated heterocycles. The van der Waals surface area contributed by atoms with Gasteiger partial charge in [0.05, 0.1) is 18.1 Å². The molecule has 2 N–H and O–H groups in total. The van der Waals surface area contributed by atoms with Crippen LogP contribution >= 0.6 is 0 Å². The molecule has 0 radical (unpaired) electrons. The van der Waals surface area contributed by atoms with Crippen LogP contribution in [0.15, 0.2) is 59.4 Å². The number of fused-ring (bicyclic) bond motifs is 1. The summed E-state index contributed by atoms with van der Waals surface area (Å²) in [5.74, 6) is -1.26. The Morgan fingerprint density at radius 3 is 2.59 bits per heavy atom. The summed E-state index contributed by atoms with van der Waals surface area (Å²) in [5.41, 5.74) is 1.55. The number of pyridine rings is 1. The molecular formula is C20H15N3O4. The van der Waals surface area contributed by atoms with Gasteiger partial charge in [0, 0.05) is 22.7 Å². The highest BCUT2D eigenvalue weighted by atomic mass is 16.5. The van der Waals surface area contributed by atoms with E-state index in [-0.39, 0.29) is 12.0 Å². The summed E-state index contributed by atoms with van der Waals surface area (Å²) in [5, 5.41) is 11.8. The Morgan fingerprint density at radius 1 is 1.11 bits per heavy atom. The number of benzene rings is 2. The molecule has 134 valence electrons. The van der Waals surface area contributed by atoms with Crippen molar-refractivity contribution in [1.82, 2.24) is 4.98 Å². The van der Waals surface area contributed by atoms with Gasteiger partial charge in [-0.15, -0.1) is 0 Å². The fourth-order valence-corrected chi connectivity index (χ4v) is 2.58. The topological polar surface area (TPSA) is 112 Å². The third-order valence-electron chi connectivity index (χ3n) is 3.83. The van der Waals surface area contributed by atoms with Gasteiger partial charge in [-0.3, -0.25) is 9.59 Å². The lowest BCUT2D eigenvalue weighted by Crippen LogP contribution is -2.22. The number of aromatic amines is 1. The van der Waals surface area contributed by atoms with E-state index in [0.29, 0.717) is 16.6 Å². The second-order valence-corrected chi connectivity index (χ2v) is 5.75. The first-order valence-electron chi connectivity index (χ1n) is 8.12. The van der Waals surface area contributed by atoms with Crippen molar-refractivity contribution in [3.05, 3.63) is 76.1 Å². The molecule has 0 fully saturated rings. The zero-order chi connectivity index (χ0) is 19.2. The summed E-state index contributed by atoms with van der Waals surface area (Å²) in [6.45, 7) is -0.486. The van der Waals surface area contributed by atoms with Crippen molar-refractivity contribution >= 4 is 28.5 Å². The lowest BCUT2D eigenvalue weighted by molar-refractivity contribution is -0.119. The third-order valence-corrected chi connectivity index (χ3v) is 3.83. The Labute approximate surface area is 154 Å². The standard InChI is InChI=1S/C20H15N3O4/c21-10-9-13-5-7-14(8-6-13)22-19(25)12-27-20(26)16-11-18(24)23-17-4-2-1-3-15(16)17/h1-8,11H,9,12H2,(H,22,25)(H,23,24). The minimum Gasteiger partial charge on any atom is -0.452 e. The van der Waals surface area contributed by atoms with Crippen LogP contribution in [-0.2, 0) is 16.0 Å². The Kier molecular flexibility index (Phi) is 5.28. The van der Waals surface area contributed by atoms with Crippen molar-refractivity contribution in [1.29, 1.82) is 5.26 Å². The number of nitrogens with one attached hydrogen (secondary N) is 2. The number of nitriles is 1. The summed E-state index contributed by atoms with van der Waals surface area (Å²) in [6, 6.07) is 16.8. The van der Waals surface area contributed by atoms with Crippen LogP contribution in [0.3, 0.4) is 0 Å². The maximum Gasteiger partial charge on any atom is 0.339 e. The van der Waals surface area contributed by atoms with Crippen LogP contribution < -0.4 is 10.9 Å². The highest BCUT2D eigenvalue weighted by molar-refractivity contribution is 6.04. The third kappa shape index (κ3) is 4.38. The average molecular weight is 361 g/mol. The molecule has 0 spiro atoms. The van der Waals surface area contributed by atoms with E-state index in [0.717, 1.165) is 11.6 Å². The van der Waals surface area contributed by atoms with E-state index in [1.807, 2.05) is 6.07 Å². The van der Waals surface area contributed by atoms with Crippen LogP contribution in [0.2, 0.25) is 0 Å². The normalized spacial score (nSPS) is 10.2. The van der Waals surface area contributed by atoms with E-state index in [2.05, 4.69) is 10.3 Å². The molecule has 0 aliphatic rings. The van der Waals surface area contributed by atoms with E-state index < -0.39 is 24.0 Å². The van der Waals surface area contributed by atoms with Crippen LogP contribution in [0.4, 0.5) is 5.69 Å². The first-order valence-corrected chi connectivity index (χ1v) is 8.12. The molecule has 27 heavy (non-hydrogen) atoms. The number of rotatable bonds is 5. The first-order chi connectivity index (χ1) is 13.1. The fraction of sp³-hybridized carbons (Fsp3) is 0.100. The predicted molar refractivity (Wildman–Crippen MR) is 99.2 cm³/mol. The van der Waals surface area contributed by atoms with Gasteiger partial charge in [0.2, 0.25) is 5.56 Å². The van der Waals surface area contributed by atoms with E-state index in [1.54, 1.807) is 48.5 Å². The van der Waals surface area contributed by atoms with Crippen LogP contribution in [0.5, 0.6) is 0 Å². The second kappa shape index (κ2) is 7.97. The highest BCUT2D eigenvalue weighted by Crippen LogP contribution is 2.15. The smallest absolute Gasteiger partial charge is 0.339 e. The van der Waals surface area contributed by atoms with Gasteiger partial charge in [-0.25, -0.2) is 4.79 Å². The molecule has 0 atom stereocenters. The van der Waals surface area contributed by atoms with E-state index >= 15 is 0 Å². The summed E-state index contributed by atoms with van der Waals surface area (Å²) >= 11 is 0. The number of nitrogens with zero attached hydrogens (tertiary/aromatic N) is 1. The number of carbonyl (C=O) groups excluding carboxylic acids is 2. The van der Waals surface area contributed by atoms with Crippen molar-refractivity contribution in [2.45, 2.75) is 6.42 Å². The van der Waals surface area contributed by atoms with Gasteiger partial charge in [0.25, 0.3) is 5.91 Å². The van der Waals surface area contributed by atoms with Crippen molar-refractivity contribution in [3.63, 3.8) is 0 Å². The Morgan fingerprint density at radius 2 is 1.85 bits per heavy atom. The maximum atomic E-state index is 12.3.